The number of amides is 1. The van der Waals surface area contributed by atoms with E-state index in [0.29, 0.717) is 18.1 Å². The Morgan fingerprint density at radius 3 is 2.64 bits per heavy atom. The monoisotopic (exact) mass is 445 g/mol. The van der Waals surface area contributed by atoms with E-state index in [9.17, 15) is 4.79 Å². The molecular weight excluding hydrogens is 414 g/mol. The van der Waals surface area contributed by atoms with E-state index in [1.165, 1.54) is 6.33 Å². The molecule has 0 bridgehead atoms. The predicted molar refractivity (Wildman–Crippen MR) is 130 cm³/mol. The first kappa shape index (κ1) is 22.6. The second kappa shape index (κ2) is 9.90. The van der Waals surface area contributed by atoms with Crippen molar-refractivity contribution in [3.63, 3.8) is 0 Å². The molecule has 0 aliphatic carbocycles. The number of nitrogens with one attached hydrogen (secondary N) is 2. The van der Waals surface area contributed by atoms with Gasteiger partial charge in [0.05, 0.1) is 12.2 Å². The predicted octanol–water partition coefficient (Wildman–Crippen LogP) is 5.39. The van der Waals surface area contributed by atoms with Crippen molar-refractivity contribution in [1.29, 1.82) is 0 Å². The Balaban J connectivity index is 1.62. The van der Waals surface area contributed by atoms with Crippen LogP contribution in [-0.4, -0.2) is 27.3 Å². The van der Waals surface area contributed by atoms with Gasteiger partial charge in [0.2, 0.25) is 5.95 Å². The SMILES string of the molecule is CCCCCOc1ccc(C2C(C(=O)Nc3ccc(C)cc3C)=C(C)Nc3ncnn32)cc1. The van der Waals surface area contributed by atoms with E-state index in [0.717, 1.165) is 53.1 Å². The van der Waals surface area contributed by atoms with Gasteiger partial charge < -0.3 is 15.4 Å². The van der Waals surface area contributed by atoms with Crippen molar-refractivity contribution in [1.82, 2.24) is 14.8 Å². The molecule has 2 aromatic carbocycles. The summed E-state index contributed by atoms with van der Waals surface area (Å²) in [4.78, 5) is 17.8. The number of allylic oxidation sites excluding steroid dienone is 1. The summed E-state index contributed by atoms with van der Waals surface area (Å²) in [7, 11) is 0. The molecule has 2 N–H and O–H groups in total. The highest BCUT2D eigenvalue weighted by molar-refractivity contribution is 6.06. The highest BCUT2D eigenvalue weighted by Gasteiger charge is 2.33. The van der Waals surface area contributed by atoms with Crippen molar-refractivity contribution in [3.05, 3.63) is 76.8 Å². The zero-order valence-electron chi connectivity index (χ0n) is 19.7. The molecule has 1 unspecified atom stereocenters. The minimum absolute atomic E-state index is 0.169. The molecule has 1 aliphatic heterocycles. The number of carbonyl (C=O) groups excluding carboxylic acids is 1. The molecule has 0 saturated heterocycles. The van der Waals surface area contributed by atoms with Crippen molar-refractivity contribution in [3.8, 4) is 5.75 Å². The summed E-state index contributed by atoms with van der Waals surface area (Å²) in [6, 6.07) is 13.5. The molecule has 0 fully saturated rings. The van der Waals surface area contributed by atoms with Gasteiger partial charge in [-0.15, -0.1) is 0 Å². The number of aryl methyl sites for hydroxylation is 2. The Hall–Kier alpha value is -3.61. The third kappa shape index (κ3) is 4.92. The van der Waals surface area contributed by atoms with Crippen LogP contribution in [0.3, 0.4) is 0 Å². The zero-order valence-corrected chi connectivity index (χ0v) is 19.7. The van der Waals surface area contributed by atoms with Crippen LogP contribution >= 0.6 is 0 Å². The molecule has 172 valence electrons. The van der Waals surface area contributed by atoms with Gasteiger partial charge in [0.25, 0.3) is 5.91 Å². The van der Waals surface area contributed by atoms with E-state index in [1.807, 2.05) is 57.2 Å². The van der Waals surface area contributed by atoms with Crippen LogP contribution in [0.25, 0.3) is 0 Å². The number of fused-ring (bicyclic) bond motifs is 1. The van der Waals surface area contributed by atoms with Gasteiger partial charge in [0, 0.05) is 11.4 Å². The maximum absolute atomic E-state index is 13.5. The topological polar surface area (TPSA) is 81.1 Å². The van der Waals surface area contributed by atoms with Crippen molar-refractivity contribution in [2.24, 2.45) is 0 Å². The number of anilines is 2. The van der Waals surface area contributed by atoms with Gasteiger partial charge in [-0.1, -0.05) is 49.6 Å². The first-order chi connectivity index (χ1) is 16.0. The van der Waals surface area contributed by atoms with Gasteiger partial charge in [-0.2, -0.15) is 10.1 Å². The number of hydrogen-bond donors (Lipinski definition) is 2. The Kier molecular flexibility index (Phi) is 6.77. The van der Waals surface area contributed by atoms with Crippen LogP contribution < -0.4 is 15.4 Å². The van der Waals surface area contributed by atoms with Crippen LogP contribution in [-0.2, 0) is 4.79 Å². The van der Waals surface area contributed by atoms with Gasteiger partial charge in [0.15, 0.2) is 0 Å². The van der Waals surface area contributed by atoms with Crippen molar-refractivity contribution >= 4 is 17.5 Å². The summed E-state index contributed by atoms with van der Waals surface area (Å²) in [5.74, 6) is 1.27. The molecule has 1 amide bonds. The zero-order chi connectivity index (χ0) is 23.4. The fourth-order valence-electron chi connectivity index (χ4n) is 4.13. The molecule has 0 radical (unpaired) electrons. The average molecular weight is 446 g/mol. The van der Waals surface area contributed by atoms with Crippen LogP contribution in [0.2, 0.25) is 0 Å². The van der Waals surface area contributed by atoms with Crippen molar-refractivity contribution < 1.29 is 9.53 Å². The van der Waals surface area contributed by atoms with Gasteiger partial charge in [-0.3, -0.25) is 4.79 Å². The summed E-state index contributed by atoms with van der Waals surface area (Å²) in [5, 5.41) is 10.7. The molecule has 0 saturated carbocycles. The molecule has 1 aromatic heterocycles. The highest BCUT2D eigenvalue weighted by atomic mass is 16.5. The van der Waals surface area contributed by atoms with E-state index >= 15 is 0 Å². The summed E-state index contributed by atoms with van der Waals surface area (Å²) < 4.78 is 7.61. The molecule has 2 heterocycles. The first-order valence-electron chi connectivity index (χ1n) is 11.5. The quantitative estimate of drug-likeness (QED) is 0.454. The Morgan fingerprint density at radius 1 is 1.12 bits per heavy atom. The lowest BCUT2D eigenvalue weighted by Gasteiger charge is -2.29. The summed E-state index contributed by atoms with van der Waals surface area (Å²) >= 11 is 0. The Bertz CT molecular complexity index is 1160. The molecule has 3 aromatic rings. The average Bonchev–Trinajstić information content (AvgIpc) is 3.26. The number of hydrogen-bond acceptors (Lipinski definition) is 5. The molecule has 7 nitrogen and oxygen atoms in total. The maximum Gasteiger partial charge on any atom is 0.255 e. The Labute approximate surface area is 194 Å². The van der Waals surface area contributed by atoms with Crippen molar-refractivity contribution in [2.45, 2.75) is 53.0 Å². The third-order valence-corrected chi connectivity index (χ3v) is 5.88. The number of unbranched alkanes of at least 4 members (excludes halogenated alkanes) is 2. The van der Waals surface area contributed by atoms with E-state index in [-0.39, 0.29) is 5.91 Å². The first-order valence-corrected chi connectivity index (χ1v) is 11.5. The van der Waals surface area contributed by atoms with E-state index in [2.05, 4.69) is 33.7 Å². The Morgan fingerprint density at radius 2 is 1.91 bits per heavy atom. The van der Waals surface area contributed by atoms with Crippen LogP contribution in [0.5, 0.6) is 5.75 Å². The lowest BCUT2D eigenvalue weighted by atomic mass is 9.94. The lowest BCUT2D eigenvalue weighted by Crippen LogP contribution is -2.31. The number of aromatic nitrogens is 3. The lowest BCUT2D eigenvalue weighted by molar-refractivity contribution is -0.113. The summed E-state index contributed by atoms with van der Waals surface area (Å²) in [5.41, 5.74) is 5.27. The largest absolute Gasteiger partial charge is 0.494 e. The fourth-order valence-corrected chi connectivity index (χ4v) is 4.13. The van der Waals surface area contributed by atoms with Crippen LogP contribution in [0.4, 0.5) is 11.6 Å². The third-order valence-electron chi connectivity index (χ3n) is 5.88. The minimum Gasteiger partial charge on any atom is -0.494 e. The number of ether oxygens (including phenoxy) is 1. The standard InChI is InChI=1S/C26H31N5O2/c1-5-6-7-14-33-21-11-9-20(10-12-21)24-23(19(4)29-26-27-16-28-31(24)26)25(32)30-22-13-8-17(2)15-18(22)3/h8-13,15-16,24H,5-7,14H2,1-4H3,(H,30,32)(H,27,28,29). The summed E-state index contributed by atoms with van der Waals surface area (Å²) in [6.07, 6.45) is 4.86. The molecule has 7 heteroatoms. The van der Waals surface area contributed by atoms with Crippen molar-refractivity contribution in [2.75, 3.05) is 17.2 Å². The highest BCUT2D eigenvalue weighted by Crippen LogP contribution is 2.36. The molecule has 33 heavy (non-hydrogen) atoms. The molecule has 0 spiro atoms. The van der Waals surface area contributed by atoms with Gasteiger partial charge in [0.1, 0.15) is 18.1 Å². The number of benzene rings is 2. The molecule has 4 rings (SSSR count). The maximum atomic E-state index is 13.5. The molecule has 1 aliphatic rings. The number of rotatable bonds is 8. The molecular formula is C26H31N5O2. The fraction of sp³-hybridized carbons (Fsp3) is 0.346. The molecule has 1 atom stereocenters. The van der Waals surface area contributed by atoms with Gasteiger partial charge >= 0.3 is 0 Å². The normalized spacial score (nSPS) is 15.1. The van der Waals surface area contributed by atoms with E-state index in [1.54, 1.807) is 4.68 Å². The van der Waals surface area contributed by atoms with Crippen LogP contribution in [0, 0.1) is 13.8 Å². The summed E-state index contributed by atoms with van der Waals surface area (Å²) in [6.45, 7) is 8.81. The van der Waals surface area contributed by atoms with E-state index in [4.69, 9.17) is 4.74 Å². The van der Waals surface area contributed by atoms with E-state index < -0.39 is 6.04 Å². The minimum atomic E-state index is -0.399. The van der Waals surface area contributed by atoms with Crippen LogP contribution in [0.15, 0.2) is 60.1 Å². The van der Waals surface area contributed by atoms with Gasteiger partial charge in [-0.25, -0.2) is 4.68 Å². The second-order valence-corrected chi connectivity index (χ2v) is 8.49. The van der Waals surface area contributed by atoms with Crippen LogP contribution in [0.1, 0.15) is 55.8 Å². The van der Waals surface area contributed by atoms with Gasteiger partial charge in [-0.05, 0) is 56.5 Å². The number of nitrogens with zero attached hydrogens (tertiary/aromatic N) is 3. The smallest absolute Gasteiger partial charge is 0.255 e. The second-order valence-electron chi connectivity index (χ2n) is 8.49. The number of carbonyl (C=O) groups is 1.